The van der Waals surface area contributed by atoms with E-state index in [1.165, 1.54) is 18.3 Å². The molecule has 0 spiro atoms. The molecule has 0 aliphatic heterocycles. The highest BCUT2D eigenvalue weighted by Crippen LogP contribution is 2.38. The van der Waals surface area contributed by atoms with Crippen LogP contribution in [0.4, 0.5) is 5.00 Å². The number of hydrogen-bond acceptors (Lipinski definition) is 5. The smallest absolute Gasteiger partial charge is 0.338 e. The van der Waals surface area contributed by atoms with Gasteiger partial charge in [-0.05, 0) is 69.4 Å². The standard InChI is InChI=1S/C22H23N3O4S/c1-10-11(2)24-16-8-7-13(9-15(10)16)22(28)29-12(3)20(27)25-21-18(19(23)26)14-5-4-6-17(14)30-21/h7-9,12,24H,4-6H2,1-3H3,(H2,23,26)(H,25,27). The number of esters is 1. The molecule has 2 aromatic heterocycles. The summed E-state index contributed by atoms with van der Waals surface area (Å²) in [5, 5.41) is 4.09. The summed E-state index contributed by atoms with van der Waals surface area (Å²) in [5.41, 5.74) is 10.3. The largest absolute Gasteiger partial charge is 0.449 e. The monoisotopic (exact) mass is 425 g/mol. The number of aryl methyl sites for hydroxylation is 3. The van der Waals surface area contributed by atoms with Crippen LogP contribution >= 0.6 is 11.3 Å². The van der Waals surface area contributed by atoms with Gasteiger partial charge in [-0.15, -0.1) is 11.3 Å². The molecule has 30 heavy (non-hydrogen) atoms. The van der Waals surface area contributed by atoms with Crippen LogP contribution in [0.15, 0.2) is 18.2 Å². The Hall–Kier alpha value is -3.13. The molecule has 2 heterocycles. The number of amides is 2. The minimum atomic E-state index is -1.03. The van der Waals surface area contributed by atoms with E-state index in [0.717, 1.165) is 51.9 Å². The molecule has 0 radical (unpaired) electrons. The molecule has 0 bridgehead atoms. The fourth-order valence-electron chi connectivity index (χ4n) is 3.84. The number of nitrogens with two attached hydrogens (primary N) is 1. The minimum Gasteiger partial charge on any atom is -0.449 e. The van der Waals surface area contributed by atoms with E-state index in [1.54, 1.807) is 12.1 Å². The number of benzene rings is 1. The first-order valence-electron chi connectivity index (χ1n) is 9.81. The van der Waals surface area contributed by atoms with Crippen LogP contribution in [0, 0.1) is 13.8 Å². The van der Waals surface area contributed by atoms with E-state index in [4.69, 9.17) is 10.5 Å². The Balaban J connectivity index is 1.48. The van der Waals surface area contributed by atoms with E-state index in [2.05, 4.69) is 10.3 Å². The fraction of sp³-hybridized carbons (Fsp3) is 0.318. The Morgan fingerprint density at radius 2 is 2.00 bits per heavy atom. The predicted octanol–water partition coefficient (Wildman–Crippen LogP) is 3.62. The lowest BCUT2D eigenvalue weighted by molar-refractivity contribution is -0.123. The molecule has 8 heteroatoms. The first-order chi connectivity index (χ1) is 14.3. The lowest BCUT2D eigenvalue weighted by Crippen LogP contribution is -2.30. The molecule has 0 saturated heterocycles. The second kappa shape index (κ2) is 7.60. The molecule has 1 aliphatic carbocycles. The van der Waals surface area contributed by atoms with E-state index in [-0.39, 0.29) is 0 Å². The highest BCUT2D eigenvalue weighted by atomic mass is 32.1. The summed E-state index contributed by atoms with van der Waals surface area (Å²) in [5.74, 6) is -1.64. The molecule has 4 N–H and O–H groups in total. The Kier molecular flexibility index (Phi) is 5.11. The molecule has 1 aromatic carbocycles. The van der Waals surface area contributed by atoms with Gasteiger partial charge in [0.1, 0.15) is 5.00 Å². The van der Waals surface area contributed by atoms with Crippen molar-refractivity contribution in [2.45, 2.75) is 46.1 Å². The van der Waals surface area contributed by atoms with Gasteiger partial charge >= 0.3 is 5.97 Å². The number of primary amides is 1. The second-order valence-corrected chi connectivity index (χ2v) is 8.70. The van der Waals surface area contributed by atoms with Gasteiger partial charge in [-0.2, -0.15) is 0 Å². The van der Waals surface area contributed by atoms with Crippen molar-refractivity contribution in [1.29, 1.82) is 0 Å². The molecule has 2 amide bonds. The van der Waals surface area contributed by atoms with Crippen molar-refractivity contribution in [3.8, 4) is 0 Å². The summed E-state index contributed by atoms with van der Waals surface area (Å²) in [6.45, 7) is 5.46. The average Bonchev–Trinajstić information content (AvgIpc) is 3.34. The van der Waals surface area contributed by atoms with Crippen molar-refractivity contribution >= 4 is 45.0 Å². The number of hydrogen-bond donors (Lipinski definition) is 3. The number of thiophene rings is 1. The van der Waals surface area contributed by atoms with Crippen LogP contribution in [0.3, 0.4) is 0 Å². The lowest BCUT2D eigenvalue weighted by Gasteiger charge is -2.14. The Labute approximate surface area is 177 Å². The van der Waals surface area contributed by atoms with Gasteiger partial charge in [0.05, 0.1) is 11.1 Å². The van der Waals surface area contributed by atoms with Crippen LogP contribution in [0.5, 0.6) is 0 Å². The third-order valence-corrected chi connectivity index (χ3v) is 6.81. The Morgan fingerprint density at radius 1 is 1.23 bits per heavy atom. The van der Waals surface area contributed by atoms with Gasteiger partial charge in [-0.3, -0.25) is 9.59 Å². The number of carbonyl (C=O) groups is 3. The van der Waals surface area contributed by atoms with Crippen molar-refractivity contribution in [3.05, 3.63) is 51.0 Å². The van der Waals surface area contributed by atoms with Gasteiger partial charge in [0.15, 0.2) is 6.10 Å². The number of aromatic nitrogens is 1. The molecule has 3 aromatic rings. The maximum atomic E-state index is 12.6. The normalized spacial score (nSPS) is 13.8. The van der Waals surface area contributed by atoms with Gasteiger partial charge in [-0.1, -0.05) is 0 Å². The van der Waals surface area contributed by atoms with E-state index < -0.39 is 23.9 Å². The van der Waals surface area contributed by atoms with Crippen LogP contribution in [-0.4, -0.2) is 28.9 Å². The summed E-state index contributed by atoms with van der Waals surface area (Å²) in [6.07, 6.45) is 1.61. The highest BCUT2D eigenvalue weighted by molar-refractivity contribution is 7.17. The number of H-pyrrole nitrogens is 1. The van der Waals surface area contributed by atoms with Gasteiger partial charge in [0.25, 0.3) is 11.8 Å². The summed E-state index contributed by atoms with van der Waals surface area (Å²) in [4.78, 5) is 41.4. The average molecular weight is 426 g/mol. The molecule has 1 aliphatic rings. The molecule has 0 fully saturated rings. The van der Waals surface area contributed by atoms with Gasteiger partial charge in [0, 0.05) is 21.5 Å². The summed E-state index contributed by atoms with van der Waals surface area (Å²) in [7, 11) is 0. The van der Waals surface area contributed by atoms with E-state index >= 15 is 0 Å². The third-order valence-electron chi connectivity index (χ3n) is 5.60. The number of ether oxygens (including phenoxy) is 1. The number of aromatic amines is 1. The molecule has 4 rings (SSSR count). The van der Waals surface area contributed by atoms with Gasteiger partial charge < -0.3 is 20.8 Å². The summed E-state index contributed by atoms with van der Waals surface area (Å²) in [6, 6.07) is 5.25. The number of anilines is 1. The minimum absolute atomic E-state index is 0.372. The maximum Gasteiger partial charge on any atom is 0.338 e. The van der Waals surface area contributed by atoms with Crippen molar-refractivity contribution in [2.75, 3.05) is 5.32 Å². The molecule has 7 nitrogen and oxygen atoms in total. The lowest BCUT2D eigenvalue weighted by atomic mass is 10.1. The van der Waals surface area contributed by atoms with Crippen LogP contribution in [0.1, 0.15) is 55.8 Å². The van der Waals surface area contributed by atoms with Crippen LogP contribution < -0.4 is 11.1 Å². The van der Waals surface area contributed by atoms with Gasteiger partial charge in [0.2, 0.25) is 0 Å². The summed E-state index contributed by atoms with van der Waals surface area (Å²) >= 11 is 1.37. The molecule has 0 saturated carbocycles. The van der Waals surface area contributed by atoms with Crippen molar-refractivity contribution in [1.82, 2.24) is 4.98 Å². The van der Waals surface area contributed by atoms with Crippen molar-refractivity contribution in [2.24, 2.45) is 5.73 Å². The van der Waals surface area contributed by atoms with E-state index in [0.29, 0.717) is 16.1 Å². The quantitative estimate of drug-likeness (QED) is 0.542. The molecule has 156 valence electrons. The van der Waals surface area contributed by atoms with E-state index in [1.807, 2.05) is 19.9 Å². The molecular formula is C22H23N3O4S. The third kappa shape index (κ3) is 3.47. The number of rotatable bonds is 5. The van der Waals surface area contributed by atoms with Crippen molar-refractivity contribution in [3.63, 3.8) is 0 Å². The zero-order valence-electron chi connectivity index (χ0n) is 17.0. The van der Waals surface area contributed by atoms with E-state index in [9.17, 15) is 14.4 Å². The predicted molar refractivity (Wildman–Crippen MR) is 116 cm³/mol. The Bertz CT molecular complexity index is 1190. The topological polar surface area (TPSA) is 114 Å². The highest BCUT2D eigenvalue weighted by Gasteiger charge is 2.28. The van der Waals surface area contributed by atoms with Crippen LogP contribution in [-0.2, 0) is 22.4 Å². The molecule has 1 unspecified atom stereocenters. The first kappa shape index (κ1) is 20.2. The zero-order valence-corrected chi connectivity index (χ0v) is 17.9. The summed E-state index contributed by atoms with van der Waals surface area (Å²) < 4.78 is 5.37. The Morgan fingerprint density at radius 3 is 2.73 bits per heavy atom. The second-order valence-electron chi connectivity index (χ2n) is 7.60. The van der Waals surface area contributed by atoms with Crippen molar-refractivity contribution < 1.29 is 19.1 Å². The zero-order chi connectivity index (χ0) is 21.6. The van der Waals surface area contributed by atoms with Crippen LogP contribution in [0.2, 0.25) is 0 Å². The first-order valence-corrected chi connectivity index (χ1v) is 10.6. The number of nitrogens with one attached hydrogen (secondary N) is 2. The number of carbonyl (C=O) groups excluding carboxylic acids is 3. The van der Waals surface area contributed by atoms with Crippen LogP contribution in [0.25, 0.3) is 10.9 Å². The fourth-order valence-corrected chi connectivity index (χ4v) is 5.13. The number of fused-ring (bicyclic) bond motifs is 2. The maximum absolute atomic E-state index is 12.6. The van der Waals surface area contributed by atoms with Gasteiger partial charge in [-0.25, -0.2) is 4.79 Å². The molecular weight excluding hydrogens is 402 g/mol. The molecule has 1 atom stereocenters. The SMILES string of the molecule is Cc1[nH]c2ccc(C(=O)OC(C)C(=O)Nc3sc4c(c3C(N)=O)CCC4)cc2c1C.